The maximum absolute atomic E-state index is 15.3. The van der Waals surface area contributed by atoms with Gasteiger partial charge in [-0.15, -0.1) is 0 Å². The average Bonchev–Trinajstić information content (AvgIpc) is 2.93. The quantitative estimate of drug-likeness (QED) is 0.118. The van der Waals surface area contributed by atoms with E-state index in [1.54, 1.807) is 0 Å². The number of benzene rings is 4. The van der Waals surface area contributed by atoms with E-state index in [9.17, 15) is 0 Å². The van der Waals surface area contributed by atoms with Gasteiger partial charge in [-0.05, 0) is 97.4 Å². The van der Waals surface area contributed by atoms with Gasteiger partial charge in [0, 0.05) is 16.5 Å². The molecular weight excluding hydrogens is 451 g/mol. The van der Waals surface area contributed by atoms with Gasteiger partial charge >= 0.3 is 0 Å². The summed E-state index contributed by atoms with van der Waals surface area (Å²) in [6.45, 7) is 4.28. The predicted octanol–water partition coefficient (Wildman–Crippen LogP) is 9.41. The second-order valence-electron chi connectivity index (χ2n) is 9.80. The van der Waals surface area contributed by atoms with Crippen molar-refractivity contribution >= 4 is 10.8 Å². The standard InChI is InChI=1S/C36H37F/c1-3-5-7-9-28-11-15-30(16-12-28)19-20-32-22-26-35-34(27-32)25-24-33(36(35)37)23-21-31-17-13-29(14-18-31)10-8-6-4-2/h4,6,11-18,22,24-27H,3,5,7-10,21,23H2,1-2H3/b6-4+. The molecule has 0 aliphatic heterocycles. The highest BCUT2D eigenvalue weighted by Crippen LogP contribution is 2.24. The number of rotatable bonds is 10. The fourth-order valence-electron chi connectivity index (χ4n) is 4.65. The van der Waals surface area contributed by atoms with Crippen LogP contribution in [0, 0.1) is 17.7 Å². The lowest BCUT2D eigenvalue weighted by atomic mass is 9.98. The van der Waals surface area contributed by atoms with Crippen LogP contribution in [-0.4, -0.2) is 0 Å². The molecule has 0 radical (unpaired) electrons. The Balaban J connectivity index is 1.39. The van der Waals surface area contributed by atoms with E-state index in [1.807, 2.05) is 30.3 Å². The average molecular weight is 489 g/mol. The monoisotopic (exact) mass is 488 g/mol. The van der Waals surface area contributed by atoms with Gasteiger partial charge in [-0.2, -0.15) is 0 Å². The summed E-state index contributed by atoms with van der Waals surface area (Å²) in [7, 11) is 0. The van der Waals surface area contributed by atoms with Crippen LogP contribution in [0.5, 0.6) is 0 Å². The van der Waals surface area contributed by atoms with Crippen LogP contribution in [0.1, 0.15) is 72.9 Å². The van der Waals surface area contributed by atoms with Crippen LogP contribution < -0.4 is 0 Å². The summed E-state index contributed by atoms with van der Waals surface area (Å²) in [5.74, 6) is 6.39. The molecule has 0 atom stereocenters. The molecule has 0 aliphatic carbocycles. The fourth-order valence-corrected chi connectivity index (χ4v) is 4.65. The van der Waals surface area contributed by atoms with Gasteiger partial charge in [0.25, 0.3) is 0 Å². The number of fused-ring (bicyclic) bond motifs is 1. The van der Waals surface area contributed by atoms with E-state index in [1.165, 1.54) is 36.0 Å². The highest BCUT2D eigenvalue weighted by Gasteiger charge is 2.08. The third-order valence-corrected chi connectivity index (χ3v) is 6.95. The van der Waals surface area contributed by atoms with Gasteiger partial charge in [-0.3, -0.25) is 0 Å². The molecular formula is C36H37F. The van der Waals surface area contributed by atoms with Crippen molar-refractivity contribution < 1.29 is 4.39 Å². The minimum absolute atomic E-state index is 0.112. The summed E-state index contributed by atoms with van der Waals surface area (Å²) in [6.07, 6.45) is 12.8. The fraction of sp³-hybridized carbons (Fsp3) is 0.278. The first-order valence-electron chi connectivity index (χ1n) is 13.7. The van der Waals surface area contributed by atoms with E-state index in [0.29, 0.717) is 11.8 Å². The molecule has 0 bridgehead atoms. The Bertz CT molecular complexity index is 1380. The second kappa shape index (κ2) is 13.6. The summed E-state index contributed by atoms with van der Waals surface area (Å²) >= 11 is 0. The molecule has 188 valence electrons. The van der Waals surface area contributed by atoms with Crippen LogP contribution in [0.4, 0.5) is 4.39 Å². The van der Waals surface area contributed by atoms with Gasteiger partial charge < -0.3 is 0 Å². The number of allylic oxidation sites excluding steroid dienone is 2. The molecule has 0 heterocycles. The molecule has 0 N–H and O–H groups in total. The zero-order chi connectivity index (χ0) is 25.9. The molecule has 0 amide bonds. The van der Waals surface area contributed by atoms with E-state index < -0.39 is 0 Å². The number of hydrogen-bond donors (Lipinski definition) is 0. The van der Waals surface area contributed by atoms with Gasteiger partial charge in [0.1, 0.15) is 5.82 Å². The van der Waals surface area contributed by atoms with Crippen molar-refractivity contribution in [2.75, 3.05) is 0 Å². The molecule has 0 aliphatic rings. The Morgan fingerprint density at radius 1 is 0.676 bits per heavy atom. The van der Waals surface area contributed by atoms with Crippen molar-refractivity contribution in [2.24, 2.45) is 0 Å². The third kappa shape index (κ3) is 7.68. The van der Waals surface area contributed by atoms with E-state index in [4.69, 9.17) is 0 Å². The first-order valence-corrected chi connectivity index (χ1v) is 13.7. The Labute approximate surface area is 222 Å². The van der Waals surface area contributed by atoms with Crippen LogP contribution in [0.3, 0.4) is 0 Å². The zero-order valence-corrected chi connectivity index (χ0v) is 22.2. The lowest BCUT2D eigenvalue weighted by molar-refractivity contribution is 0.620. The Kier molecular flexibility index (Phi) is 9.73. The lowest BCUT2D eigenvalue weighted by Crippen LogP contribution is -1.96. The molecule has 37 heavy (non-hydrogen) atoms. The Hall–Kier alpha value is -3.63. The van der Waals surface area contributed by atoms with E-state index in [2.05, 4.69) is 86.4 Å². The molecule has 0 unspecified atom stereocenters. The van der Waals surface area contributed by atoms with Crippen molar-refractivity contribution in [3.63, 3.8) is 0 Å². The molecule has 0 nitrogen and oxygen atoms in total. The maximum atomic E-state index is 15.3. The van der Waals surface area contributed by atoms with Crippen LogP contribution in [-0.2, 0) is 25.7 Å². The van der Waals surface area contributed by atoms with Crippen molar-refractivity contribution in [3.8, 4) is 11.8 Å². The summed E-state index contributed by atoms with van der Waals surface area (Å²) in [4.78, 5) is 0. The topological polar surface area (TPSA) is 0 Å². The highest BCUT2D eigenvalue weighted by molar-refractivity contribution is 5.85. The molecule has 4 aromatic rings. The smallest absolute Gasteiger partial charge is 0.134 e. The van der Waals surface area contributed by atoms with Crippen LogP contribution in [0.15, 0.2) is 91.0 Å². The Morgan fingerprint density at radius 3 is 2.05 bits per heavy atom. The predicted molar refractivity (Wildman–Crippen MR) is 157 cm³/mol. The first-order chi connectivity index (χ1) is 18.2. The lowest BCUT2D eigenvalue weighted by Gasteiger charge is -2.08. The van der Waals surface area contributed by atoms with E-state index >= 15 is 4.39 Å². The minimum Gasteiger partial charge on any atom is -0.206 e. The molecule has 1 heteroatoms. The molecule has 0 spiro atoms. The van der Waals surface area contributed by atoms with Gasteiger partial charge in [0.05, 0.1) is 0 Å². The van der Waals surface area contributed by atoms with Crippen LogP contribution >= 0.6 is 0 Å². The van der Waals surface area contributed by atoms with Crippen molar-refractivity contribution in [3.05, 3.63) is 130 Å². The molecule has 4 aromatic carbocycles. The summed E-state index contributed by atoms with van der Waals surface area (Å²) in [6, 6.07) is 27.0. The van der Waals surface area contributed by atoms with Crippen molar-refractivity contribution in [2.45, 2.75) is 65.2 Å². The summed E-state index contributed by atoms with van der Waals surface area (Å²) in [5, 5.41) is 1.56. The second-order valence-corrected chi connectivity index (χ2v) is 9.80. The molecule has 0 saturated heterocycles. The number of unbranched alkanes of at least 4 members (excludes halogenated alkanes) is 2. The zero-order valence-electron chi connectivity index (χ0n) is 22.2. The maximum Gasteiger partial charge on any atom is 0.134 e. The van der Waals surface area contributed by atoms with Crippen molar-refractivity contribution in [1.82, 2.24) is 0 Å². The molecule has 4 rings (SSSR count). The molecule has 0 aromatic heterocycles. The summed E-state index contributed by atoms with van der Waals surface area (Å²) < 4.78 is 15.3. The number of halogens is 1. The SMILES string of the molecule is C/C=C/CCc1ccc(CCc2ccc3cc(C#Cc4ccc(CCCCC)cc4)ccc3c2F)cc1. The van der Waals surface area contributed by atoms with Crippen molar-refractivity contribution in [1.29, 1.82) is 0 Å². The number of aryl methyl sites for hydroxylation is 4. The van der Waals surface area contributed by atoms with Gasteiger partial charge in [0.2, 0.25) is 0 Å². The largest absolute Gasteiger partial charge is 0.206 e. The number of hydrogen-bond acceptors (Lipinski definition) is 0. The summed E-state index contributed by atoms with van der Waals surface area (Å²) in [5.41, 5.74) is 6.63. The van der Waals surface area contributed by atoms with Gasteiger partial charge in [0.15, 0.2) is 0 Å². The molecule has 0 saturated carbocycles. The normalized spacial score (nSPS) is 11.1. The van der Waals surface area contributed by atoms with Crippen LogP contribution in [0.2, 0.25) is 0 Å². The highest BCUT2D eigenvalue weighted by atomic mass is 19.1. The third-order valence-electron chi connectivity index (χ3n) is 6.95. The van der Waals surface area contributed by atoms with Crippen LogP contribution in [0.25, 0.3) is 10.8 Å². The first kappa shape index (κ1) is 26.4. The Morgan fingerprint density at radius 2 is 1.32 bits per heavy atom. The van der Waals surface area contributed by atoms with E-state index in [0.717, 1.165) is 47.8 Å². The minimum atomic E-state index is -0.112. The van der Waals surface area contributed by atoms with Gasteiger partial charge in [-0.1, -0.05) is 98.4 Å². The molecule has 0 fully saturated rings. The van der Waals surface area contributed by atoms with E-state index in [-0.39, 0.29) is 5.82 Å². The van der Waals surface area contributed by atoms with Gasteiger partial charge in [-0.25, -0.2) is 4.39 Å².